The molecule has 0 unspecified atom stereocenters. The molecule has 0 bridgehead atoms. The summed E-state index contributed by atoms with van der Waals surface area (Å²) in [6.07, 6.45) is 4.87. The van der Waals surface area contributed by atoms with Crippen LogP contribution in [0.3, 0.4) is 0 Å². The smallest absolute Gasteiger partial charge is 0.238 e. The molecule has 138 valence electrons. The lowest BCUT2D eigenvalue weighted by molar-refractivity contribution is -0.133. The van der Waals surface area contributed by atoms with Gasteiger partial charge in [0.05, 0.1) is 6.54 Å². The van der Waals surface area contributed by atoms with Crippen LogP contribution in [-0.4, -0.2) is 67.1 Å². The van der Waals surface area contributed by atoms with Crippen LogP contribution in [0.1, 0.15) is 30.4 Å². The summed E-state index contributed by atoms with van der Waals surface area (Å²) >= 11 is 0. The molecule has 3 rings (SSSR count). The molecule has 2 N–H and O–H groups in total. The van der Waals surface area contributed by atoms with Crippen LogP contribution in [0.15, 0.2) is 18.2 Å². The predicted octanol–water partition coefficient (Wildman–Crippen LogP) is 1.24. The Morgan fingerprint density at radius 3 is 2.76 bits per heavy atom. The van der Waals surface area contributed by atoms with Gasteiger partial charge in [-0.1, -0.05) is 12.5 Å². The van der Waals surface area contributed by atoms with Crippen molar-refractivity contribution < 1.29 is 9.53 Å². The van der Waals surface area contributed by atoms with E-state index in [0.29, 0.717) is 6.54 Å². The number of piperidine rings is 1. The monoisotopic (exact) mass is 346 g/mol. The van der Waals surface area contributed by atoms with Gasteiger partial charge < -0.3 is 9.64 Å². The molecular weight excluding hydrogens is 316 g/mol. The van der Waals surface area contributed by atoms with Crippen molar-refractivity contribution in [2.24, 2.45) is 5.84 Å². The summed E-state index contributed by atoms with van der Waals surface area (Å²) in [5.74, 6) is 6.60. The fourth-order valence-corrected chi connectivity index (χ4v) is 3.62. The molecule has 6 heteroatoms. The lowest BCUT2D eigenvalue weighted by atomic mass is 9.99. The second kappa shape index (κ2) is 8.65. The number of likely N-dealkylation sites (N-methyl/N-ethyl adjacent to an activating group) is 1. The van der Waals surface area contributed by atoms with Crippen molar-refractivity contribution in [2.75, 3.05) is 46.4 Å². The van der Waals surface area contributed by atoms with Gasteiger partial charge in [0.25, 0.3) is 0 Å². The molecule has 2 heterocycles. The first-order chi connectivity index (χ1) is 12.1. The molecule has 1 aromatic carbocycles. The van der Waals surface area contributed by atoms with E-state index in [-0.39, 0.29) is 12.5 Å². The molecule has 0 saturated carbocycles. The van der Waals surface area contributed by atoms with E-state index in [0.717, 1.165) is 31.9 Å². The summed E-state index contributed by atoms with van der Waals surface area (Å²) in [6, 6.07) is 6.26. The van der Waals surface area contributed by atoms with Gasteiger partial charge in [-0.25, -0.2) is 5.01 Å². The summed E-state index contributed by atoms with van der Waals surface area (Å²) in [4.78, 5) is 16.5. The quantitative estimate of drug-likeness (QED) is 0.620. The van der Waals surface area contributed by atoms with Crippen LogP contribution >= 0.6 is 0 Å². The number of likely N-dealkylation sites (tertiary alicyclic amines) is 1. The number of fused-ring (bicyclic) bond motifs is 1. The average molecular weight is 346 g/mol. The zero-order chi connectivity index (χ0) is 17.6. The minimum Gasteiger partial charge on any atom is -0.492 e. The number of carbonyl (C=O) groups excluding carboxylic acids is 1. The van der Waals surface area contributed by atoms with Crippen molar-refractivity contribution in [1.29, 1.82) is 0 Å². The molecule has 1 aromatic rings. The molecule has 25 heavy (non-hydrogen) atoms. The highest BCUT2D eigenvalue weighted by atomic mass is 16.5. The zero-order valence-corrected chi connectivity index (χ0v) is 15.2. The Balaban J connectivity index is 1.50. The fraction of sp³-hybridized carbons (Fsp3) is 0.632. The third-order valence-electron chi connectivity index (χ3n) is 5.05. The van der Waals surface area contributed by atoms with Crippen LogP contribution in [-0.2, 0) is 17.8 Å². The second-order valence-corrected chi connectivity index (χ2v) is 7.16. The van der Waals surface area contributed by atoms with Crippen molar-refractivity contribution in [2.45, 2.75) is 32.2 Å². The van der Waals surface area contributed by atoms with E-state index in [1.54, 1.807) is 7.05 Å². The SMILES string of the molecule is CN(N)CC(=O)N1CCc2cc(OCCN3CCCCC3)ccc2C1. The average Bonchev–Trinajstić information content (AvgIpc) is 2.61. The minimum atomic E-state index is 0.0810. The minimum absolute atomic E-state index is 0.0810. The van der Waals surface area contributed by atoms with Crippen molar-refractivity contribution >= 4 is 5.91 Å². The molecule has 0 aromatic heterocycles. The predicted molar refractivity (Wildman–Crippen MR) is 98.2 cm³/mol. The van der Waals surface area contributed by atoms with E-state index < -0.39 is 0 Å². The van der Waals surface area contributed by atoms with E-state index in [2.05, 4.69) is 17.0 Å². The number of nitrogens with zero attached hydrogens (tertiary/aromatic N) is 3. The standard InChI is InChI=1S/C19H30N4O2/c1-21(20)15-19(24)23-10-7-16-13-18(6-5-17(16)14-23)25-12-11-22-8-3-2-4-9-22/h5-6,13H,2-4,7-12,14-15,20H2,1H3. The van der Waals surface area contributed by atoms with Gasteiger partial charge in [-0.2, -0.15) is 0 Å². The molecule has 1 amide bonds. The van der Waals surface area contributed by atoms with Gasteiger partial charge in [0.2, 0.25) is 5.91 Å². The van der Waals surface area contributed by atoms with E-state index in [4.69, 9.17) is 10.6 Å². The van der Waals surface area contributed by atoms with Crippen LogP contribution < -0.4 is 10.6 Å². The van der Waals surface area contributed by atoms with Gasteiger partial charge in [-0.3, -0.25) is 15.5 Å². The van der Waals surface area contributed by atoms with Gasteiger partial charge >= 0.3 is 0 Å². The number of hydrogen-bond acceptors (Lipinski definition) is 5. The maximum Gasteiger partial charge on any atom is 0.238 e. The van der Waals surface area contributed by atoms with Gasteiger partial charge in [0.15, 0.2) is 0 Å². The van der Waals surface area contributed by atoms with Gasteiger partial charge in [0, 0.05) is 26.7 Å². The Morgan fingerprint density at radius 2 is 2.00 bits per heavy atom. The first kappa shape index (κ1) is 18.2. The largest absolute Gasteiger partial charge is 0.492 e. The van der Waals surface area contributed by atoms with Crippen LogP contribution in [0.2, 0.25) is 0 Å². The number of carbonyl (C=O) groups is 1. The summed E-state index contributed by atoms with van der Waals surface area (Å²) in [6.45, 7) is 5.82. The Morgan fingerprint density at radius 1 is 1.20 bits per heavy atom. The molecular formula is C19H30N4O2. The first-order valence-corrected chi connectivity index (χ1v) is 9.32. The van der Waals surface area contributed by atoms with Crippen molar-refractivity contribution in [3.05, 3.63) is 29.3 Å². The molecule has 0 aliphatic carbocycles. The Hall–Kier alpha value is -1.63. The molecule has 0 atom stereocenters. The van der Waals surface area contributed by atoms with Crippen LogP contribution in [0.25, 0.3) is 0 Å². The Labute approximate surface area is 150 Å². The molecule has 0 radical (unpaired) electrons. The number of ether oxygens (including phenoxy) is 1. The highest BCUT2D eigenvalue weighted by Crippen LogP contribution is 2.24. The van der Waals surface area contributed by atoms with Crippen molar-refractivity contribution in [3.63, 3.8) is 0 Å². The molecule has 6 nitrogen and oxygen atoms in total. The third kappa shape index (κ3) is 5.17. The van der Waals surface area contributed by atoms with Crippen LogP contribution in [0.4, 0.5) is 0 Å². The summed E-state index contributed by atoms with van der Waals surface area (Å²) < 4.78 is 5.96. The number of nitrogens with two attached hydrogens (primary N) is 1. The molecule has 1 saturated heterocycles. The highest BCUT2D eigenvalue weighted by molar-refractivity contribution is 5.78. The molecule has 0 spiro atoms. The van der Waals surface area contributed by atoms with Crippen molar-refractivity contribution in [1.82, 2.24) is 14.8 Å². The number of benzene rings is 1. The van der Waals surface area contributed by atoms with E-state index in [1.165, 1.54) is 48.5 Å². The lowest BCUT2D eigenvalue weighted by Gasteiger charge is -2.30. The topological polar surface area (TPSA) is 62.0 Å². The summed E-state index contributed by atoms with van der Waals surface area (Å²) in [5, 5.41) is 1.43. The number of amides is 1. The zero-order valence-electron chi connectivity index (χ0n) is 15.2. The molecule has 2 aliphatic rings. The molecule has 2 aliphatic heterocycles. The number of hydrogen-bond donors (Lipinski definition) is 1. The highest BCUT2D eigenvalue weighted by Gasteiger charge is 2.21. The Kier molecular flexibility index (Phi) is 6.29. The number of hydrazine groups is 1. The number of rotatable bonds is 6. The lowest BCUT2D eigenvalue weighted by Crippen LogP contribution is -2.43. The van der Waals surface area contributed by atoms with E-state index in [1.807, 2.05) is 11.0 Å². The van der Waals surface area contributed by atoms with Gasteiger partial charge in [-0.15, -0.1) is 0 Å². The normalized spacial score (nSPS) is 18.3. The van der Waals surface area contributed by atoms with Gasteiger partial charge in [-0.05, 0) is 55.6 Å². The van der Waals surface area contributed by atoms with Crippen molar-refractivity contribution in [3.8, 4) is 5.75 Å². The summed E-state index contributed by atoms with van der Waals surface area (Å²) in [7, 11) is 1.71. The van der Waals surface area contributed by atoms with Gasteiger partial charge in [0.1, 0.15) is 12.4 Å². The van der Waals surface area contributed by atoms with Crippen LogP contribution in [0.5, 0.6) is 5.75 Å². The van der Waals surface area contributed by atoms with E-state index in [9.17, 15) is 4.79 Å². The second-order valence-electron chi connectivity index (χ2n) is 7.16. The maximum absolute atomic E-state index is 12.2. The molecule has 1 fully saturated rings. The first-order valence-electron chi connectivity index (χ1n) is 9.32. The maximum atomic E-state index is 12.2. The Bertz CT molecular complexity index is 585. The summed E-state index contributed by atoms with van der Waals surface area (Å²) in [5.41, 5.74) is 2.50. The fourth-order valence-electron chi connectivity index (χ4n) is 3.62. The third-order valence-corrected chi connectivity index (χ3v) is 5.05. The van der Waals surface area contributed by atoms with E-state index >= 15 is 0 Å². The van der Waals surface area contributed by atoms with Crippen LogP contribution in [0, 0.1) is 0 Å².